The molecule has 0 aliphatic heterocycles. The van der Waals surface area contributed by atoms with E-state index >= 15 is 0 Å². The summed E-state index contributed by atoms with van der Waals surface area (Å²) in [7, 11) is 0. The molecule has 10 heteroatoms. The van der Waals surface area contributed by atoms with Gasteiger partial charge in [-0.3, -0.25) is 9.55 Å². The topological polar surface area (TPSA) is 80.9 Å². The fraction of sp³-hybridized carbons (Fsp3) is 0.0435. The largest absolute Gasteiger partial charge is 0.478 e. The third-order valence-electron chi connectivity index (χ3n) is 5.30. The van der Waals surface area contributed by atoms with Gasteiger partial charge in [0.1, 0.15) is 34.3 Å². The second-order valence-electron chi connectivity index (χ2n) is 7.26. The number of aromatic nitrogens is 4. The van der Waals surface area contributed by atoms with Gasteiger partial charge in [-0.2, -0.15) is 4.39 Å². The molecule has 0 spiro atoms. The number of carbonyl (C=O) groups is 1. The van der Waals surface area contributed by atoms with Crippen LogP contribution in [-0.2, 0) is 0 Å². The van der Waals surface area contributed by atoms with Crippen LogP contribution in [0, 0.1) is 30.3 Å². The van der Waals surface area contributed by atoms with Crippen molar-refractivity contribution < 1.29 is 27.5 Å². The minimum absolute atomic E-state index is 0.0421. The summed E-state index contributed by atoms with van der Waals surface area (Å²) < 4.78 is 58.7. The van der Waals surface area contributed by atoms with E-state index in [2.05, 4.69) is 15.0 Å². The van der Waals surface area contributed by atoms with Crippen LogP contribution < -0.4 is 0 Å². The van der Waals surface area contributed by atoms with Crippen molar-refractivity contribution in [2.24, 2.45) is 0 Å². The molecule has 0 bridgehead atoms. The Balaban J connectivity index is 1.91. The molecule has 0 atom stereocenters. The zero-order valence-electron chi connectivity index (χ0n) is 16.8. The van der Waals surface area contributed by atoms with Gasteiger partial charge in [-0.05, 0) is 42.8 Å². The molecule has 164 valence electrons. The molecule has 5 aromatic rings. The van der Waals surface area contributed by atoms with Gasteiger partial charge in [-0.25, -0.2) is 27.9 Å². The van der Waals surface area contributed by atoms with E-state index in [1.165, 1.54) is 29.0 Å². The summed E-state index contributed by atoms with van der Waals surface area (Å²) in [6, 6.07) is 6.76. The highest BCUT2D eigenvalue weighted by molar-refractivity contribution is 6.04. The number of hydrogen-bond acceptors (Lipinski definition) is 4. The van der Waals surface area contributed by atoms with Crippen molar-refractivity contribution in [2.75, 3.05) is 0 Å². The van der Waals surface area contributed by atoms with Crippen LogP contribution in [0.2, 0.25) is 0 Å². The molecule has 5 rings (SSSR count). The standard InChI is InChI=1S/C23H12F4N4O2/c1-10-30-21-13(23(32)33)6-11(12-8-19(27)29-9-16(12)26)7-18(21)31(10)17-4-5-28-22-15(25)3-2-14(24)20(17)22/h2-9H,1H3,(H,32,33). The molecular weight excluding hydrogens is 440 g/mol. The lowest BCUT2D eigenvalue weighted by molar-refractivity contribution is 0.0699. The smallest absolute Gasteiger partial charge is 0.337 e. The summed E-state index contributed by atoms with van der Waals surface area (Å²) in [5.74, 6) is -4.38. The van der Waals surface area contributed by atoms with E-state index in [1.54, 1.807) is 6.92 Å². The van der Waals surface area contributed by atoms with E-state index in [1.807, 2.05) is 0 Å². The van der Waals surface area contributed by atoms with Crippen LogP contribution in [0.5, 0.6) is 0 Å². The lowest BCUT2D eigenvalue weighted by Gasteiger charge is -2.13. The number of pyridine rings is 2. The second-order valence-corrected chi connectivity index (χ2v) is 7.26. The van der Waals surface area contributed by atoms with Gasteiger partial charge in [0.05, 0.1) is 28.4 Å². The summed E-state index contributed by atoms with van der Waals surface area (Å²) in [4.78, 5) is 23.4. The number of imidazole rings is 1. The highest BCUT2D eigenvalue weighted by Gasteiger charge is 2.22. The molecule has 0 amide bonds. The number of rotatable bonds is 3. The van der Waals surface area contributed by atoms with Gasteiger partial charge in [0.15, 0.2) is 0 Å². The maximum atomic E-state index is 14.8. The fourth-order valence-corrected chi connectivity index (χ4v) is 3.91. The molecule has 0 aliphatic carbocycles. The number of carboxylic acids is 1. The van der Waals surface area contributed by atoms with Crippen LogP contribution in [0.3, 0.4) is 0 Å². The van der Waals surface area contributed by atoms with E-state index in [4.69, 9.17) is 0 Å². The summed E-state index contributed by atoms with van der Waals surface area (Å²) in [5, 5.41) is 9.62. The Morgan fingerprint density at radius 2 is 1.70 bits per heavy atom. The SMILES string of the molecule is Cc1nc2c(C(=O)O)cc(-c3cc(F)ncc3F)cc2n1-c1ccnc2c(F)ccc(F)c12. The van der Waals surface area contributed by atoms with Crippen molar-refractivity contribution in [3.8, 4) is 16.8 Å². The van der Waals surface area contributed by atoms with Gasteiger partial charge in [0.2, 0.25) is 5.95 Å². The number of benzene rings is 2. The first-order chi connectivity index (χ1) is 15.8. The van der Waals surface area contributed by atoms with Crippen LogP contribution in [-0.4, -0.2) is 30.6 Å². The van der Waals surface area contributed by atoms with Crippen molar-refractivity contribution in [1.82, 2.24) is 19.5 Å². The lowest BCUT2D eigenvalue weighted by atomic mass is 10.0. The molecular formula is C23H12F4N4O2. The van der Waals surface area contributed by atoms with Crippen molar-refractivity contribution in [3.05, 3.63) is 83.6 Å². The Bertz CT molecular complexity index is 1610. The molecule has 6 nitrogen and oxygen atoms in total. The Morgan fingerprint density at radius 1 is 0.939 bits per heavy atom. The predicted octanol–water partition coefficient (Wildman–Crippen LogP) is 5.20. The Labute approximate surface area is 182 Å². The maximum absolute atomic E-state index is 14.8. The first kappa shape index (κ1) is 20.6. The number of nitrogens with zero attached hydrogens (tertiary/aromatic N) is 4. The van der Waals surface area contributed by atoms with E-state index < -0.39 is 29.4 Å². The van der Waals surface area contributed by atoms with E-state index in [9.17, 15) is 27.5 Å². The molecule has 0 unspecified atom stereocenters. The van der Waals surface area contributed by atoms with Gasteiger partial charge < -0.3 is 5.11 Å². The van der Waals surface area contributed by atoms with Crippen molar-refractivity contribution in [3.63, 3.8) is 0 Å². The zero-order valence-corrected chi connectivity index (χ0v) is 16.8. The van der Waals surface area contributed by atoms with Gasteiger partial charge >= 0.3 is 5.97 Å². The normalized spacial score (nSPS) is 11.4. The quantitative estimate of drug-likeness (QED) is 0.301. The number of fused-ring (bicyclic) bond motifs is 2. The third kappa shape index (κ3) is 3.18. The molecule has 2 aromatic carbocycles. The van der Waals surface area contributed by atoms with Gasteiger partial charge in [0, 0.05) is 17.8 Å². The first-order valence-electron chi connectivity index (χ1n) is 9.57. The number of aryl methyl sites for hydroxylation is 1. The Kier molecular flexibility index (Phi) is 4.59. The maximum Gasteiger partial charge on any atom is 0.337 e. The van der Waals surface area contributed by atoms with Crippen molar-refractivity contribution in [1.29, 1.82) is 0 Å². The van der Waals surface area contributed by atoms with Gasteiger partial charge in [0.25, 0.3) is 0 Å². The van der Waals surface area contributed by atoms with E-state index in [0.717, 1.165) is 18.2 Å². The molecule has 3 heterocycles. The van der Waals surface area contributed by atoms with Gasteiger partial charge in [-0.1, -0.05) is 0 Å². The van der Waals surface area contributed by atoms with E-state index in [0.29, 0.717) is 6.20 Å². The Hall–Kier alpha value is -4.34. The van der Waals surface area contributed by atoms with Crippen molar-refractivity contribution in [2.45, 2.75) is 6.92 Å². The van der Waals surface area contributed by atoms with Gasteiger partial charge in [-0.15, -0.1) is 0 Å². The highest BCUT2D eigenvalue weighted by atomic mass is 19.1. The summed E-state index contributed by atoms with van der Waals surface area (Å²) >= 11 is 0. The number of halogens is 4. The number of hydrogen-bond donors (Lipinski definition) is 1. The molecule has 0 fully saturated rings. The summed E-state index contributed by atoms with van der Waals surface area (Å²) in [6.07, 6.45) is 1.97. The van der Waals surface area contributed by atoms with E-state index in [-0.39, 0.29) is 50.1 Å². The molecule has 1 N–H and O–H groups in total. The number of carboxylic acid groups (broad SMARTS) is 1. The summed E-state index contributed by atoms with van der Waals surface area (Å²) in [5.41, 5.74) is -0.280. The van der Waals surface area contributed by atoms with Crippen LogP contribution in [0.25, 0.3) is 38.8 Å². The van der Waals surface area contributed by atoms with Crippen LogP contribution >= 0.6 is 0 Å². The highest BCUT2D eigenvalue weighted by Crippen LogP contribution is 2.34. The molecule has 0 aliphatic rings. The lowest BCUT2D eigenvalue weighted by Crippen LogP contribution is -2.03. The summed E-state index contributed by atoms with van der Waals surface area (Å²) in [6.45, 7) is 1.56. The average molecular weight is 452 g/mol. The predicted molar refractivity (Wildman–Crippen MR) is 111 cm³/mol. The zero-order chi connectivity index (χ0) is 23.4. The molecule has 3 aromatic heterocycles. The third-order valence-corrected chi connectivity index (χ3v) is 5.30. The first-order valence-corrected chi connectivity index (χ1v) is 9.57. The molecule has 0 saturated heterocycles. The minimum Gasteiger partial charge on any atom is -0.478 e. The van der Waals surface area contributed by atoms with Crippen molar-refractivity contribution >= 4 is 27.9 Å². The molecule has 0 saturated carbocycles. The molecule has 33 heavy (non-hydrogen) atoms. The average Bonchev–Trinajstić information content (AvgIpc) is 3.12. The van der Waals surface area contributed by atoms with Crippen LogP contribution in [0.15, 0.2) is 48.8 Å². The monoisotopic (exact) mass is 452 g/mol. The fourth-order valence-electron chi connectivity index (χ4n) is 3.91. The van der Waals surface area contributed by atoms with Crippen LogP contribution in [0.4, 0.5) is 17.6 Å². The van der Waals surface area contributed by atoms with Crippen LogP contribution in [0.1, 0.15) is 16.2 Å². The molecule has 0 radical (unpaired) electrons. The second kappa shape index (κ2) is 7.37. The minimum atomic E-state index is -1.35. The number of aromatic carboxylic acids is 1. The Morgan fingerprint density at radius 3 is 2.45 bits per heavy atom.